The summed E-state index contributed by atoms with van der Waals surface area (Å²) in [6, 6.07) is 17.5. The number of carbonyl (C=O) groups is 1. The van der Waals surface area contributed by atoms with Gasteiger partial charge in [0.1, 0.15) is 17.4 Å². The second kappa shape index (κ2) is 8.99. The van der Waals surface area contributed by atoms with Crippen molar-refractivity contribution in [2.45, 2.75) is 19.9 Å². The summed E-state index contributed by atoms with van der Waals surface area (Å²) >= 11 is 0. The molecule has 1 saturated heterocycles. The Hall–Kier alpha value is -3.78. The number of benzene rings is 2. The third-order valence-electron chi connectivity index (χ3n) is 6.00. The molecule has 33 heavy (non-hydrogen) atoms. The Morgan fingerprint density at radius 3 is 2.48 bits per heavy atom. The lowest BCUT2D eigenvalue weighted by atomic mass is 10.2. The van der Waals surface area contributed by atoms with Gasteiger partial charge in [0.2, 0.25) is 11.8 Å². The van der Waals surface area contributed by atoms with Crippen molar-refractivity contribution in [2.75, 3.05) is 31.9 Å². The molecule has 2 aromatic carbocycles. The number of amides is 1. The Kier molecular flexibility index (Phi) is 5.75. The summed E-state index contributed by atoms with van der Waals surface area (Å²) in [7, 11) is 0. The summed E-state index contributed by atoms with van der Waals surface area (Å²) in [5.41, 5.74) is 8.57. The Labute approximate surface area is 192 Å². The lowest BCUT2D eigenvalue weighted by molar-refractivity contribution is -0.132. The molecule has 0 saturated carbocycles. The molecule has 5 rings (SSSR count). The molecule has 0 atom stereocenters. The molecule has 1 fully saturated rings. The van der Waals surface area contributed by atoms with Crippen molar-refractivity contribution in [2.24, 2.45) is 0 Å². The lowest BCUT2D eigenvalue weighted by Crippen LogP contribution is -2.48. The topological polar surface area (TPSA) is 101 Å². The highest BCUT2D eigenvalue weighted by Crippen LogP contribution is 2.22. The maximum atomic E-state index is 12.9. The number of nitrogen functional groups attached to an aromatic ring is 1. The van der Waals surface area contributed by atoms with Crippen LogP contribution in [0.4, 0.5) is 5.82 Å². The zero-order valence-corrected chi connectivity index (χ0v) is 18.6. The first kappa shape index (κ1) is 21.1. The van der Waals surface area contributed by atoms with Crippen molar-refractivity contribution in [1.82, 2.24) is 24.8 Å². The highest BCUT2D eigenvalue weighted by molar-refractivity contribution is 5.87. The molecule has 2 aromatic heterocycles. The van der Waals surface area contributed by atoms with E-state index >= 15 is 0 Å². The fourth-order valence-corrected chi connectivity index (χ4v) is 4.13. The van der Waals surface area contributed by atoms with E-state index in [-0.39, 0.29) is 12.3 Å². The van der Waals surface area contributed by atoms with Gasteiger partial charge in [-0.2, -0.15) is 0 Å². The van der Waals surface area contributed by atoms with Gasteiger partial charge in [-0.25, -0.2) is 15.0 Å². The molecule has 0 bridgehead atoms. The number of anilines is 1. The van der Waals surface area contributed by atoms with Gasteiger partial charge < -0.3 is 15.1 Å². The largest absolute Gasteiger partial charge is 0.441 e. The molecule has 4 aromatic rings. The van der Waals surface area contributed by atoms with Gasteiger partial charge in [0.25, 0.3) is 0 Å². The standard InChI is InChI=1S/C25H26N6O2/c1-17-21(28-25(33-17)18-7-3-2-4-8-18)15-23(32)31-13-11-30(12-14-31)16-22-27-20-10-6-5-9-19(20)24(26)29-22/h2-10H,11-16H2,1H3,(H2,26,27,29). The summed E-state index contributed by atoms with van der Waals surface area (Å²) in [5, 5.41) is 0.871. The van der Waals surface area contributed by atoms with Gasteiger partial charge in [0.15, 0.2) is 0 Å². The number of hydrogen-bond acceptors (Lipinski definition) is 7. The van der Waals surface area contributed by atoms with E-state index < -0.39 is 0 Å². The number of hydrogen-bond donors (Lipinski definition) is 1. The monoisotopic (exact) mass is 442 g/mol. The first-order valence-electron chi connectivity index (χ1n) is 11.1. The third-order valence-corrected chi connectivity index (χ3v) is 6.00. The first-order valence-corrected chi connectivity index (χ1v) is 11.1. The smallest absolute Gasteiger partial charge is 0.228 e. The summed E-state index contributed by atoms with van der Waals surface area (Å²) in [4.78, 5) is 30.7. The van der Waals surface area contributed by atoms with Crippen LogP contribution in [0, 0.1) is 6.92 Å². The van der Waals surface area contributed by atoms with E-state index in [2.05, 4.69) is 19.9 Å². The molecule has 8 heteroatoms. The predicted octanol–water partition coefficient (Wildman–Crippen LogP) is 3.06. The van der Waals surface area contributed by atoms with Gasteiger partial charge in [-0.15, -0.1) is 0 Å². The van der Waals surface area contributed by atoms with Crippen LogP contribution in [-0.2, 0) is 17.8 Å². The Balaban J connectivity index is 1.19. The minimum atomic E-state index is 0.0665. The van der Waals surface area contributed by atoms with E-state index in [1.807, 2.05) is 66.4 Å². The van der Waals surface area contributed by atoms with Gasteiger partial charge in [0.05, 0.1) is 24.2 Å². The van der Waals surface area contributed by atoms with Crippen LogP contribution in [-0.4, -0.2) is 56.8 Å². The average Bonchev–Trinajstić information content (AvgIpc) is 3.20. The predicted molar refractivity (Wildman–Crippen MR) is 126 cm³/mol. The third kappa shape index (κ3) is 4.56. The first-order chi connectivity index (χ1) is 16.1. The van der Waals surface area contributed by atoms with Crippen molar-refractivity contribution >= 4 is 22.6 Å². The number of piperazine rings is 1. The van der Waals surface area contributed by atoms with Crippen molar-refractivity contribution in [1.29, 1.82) is 0 Å². The van der Waals surface area contributed by atoms with Crippen LogP contribution in [0.25, 0.3) is 22.4 Å². The summed E-state index contributed by atoms with van der Waals surface area (Å²) < 4.78 is 5.80. The zero-order chi connectivity index (χ0) is 22.8. The molecule has 1 aliphatic rings. The van der Waals surface area contributed by atoms with Crippen molar-refractivity contribution in [3.05, 3.63) is 71.9 Å². The summed E-state index contributed by atoms with van der Waals surface area (Å²) in [6.45, 7) is 5.30. The number of aryl methyl sites for hydroxylation is 1. The minimum Gasteiger partial charge on any atom is -0.441 e. The van der Waals surface area contributed by atoms with Crippen LogP contribution in [0.3, 0.4) is 0 Å². The van der Waals surface area contributed by atoms with Crippen LogP contribution >= 0.6 is 0 Å². The maximum absolute atomic E-state index is 12.9. The molecule has 1 amide bonds. The van der Waals surface area contributed by atoms with E-state index in [4.69, 9.17) is 10.2 Å². The zero-order valence-electron chi connectivity index (χ0n) is 18.6. The Morgan fingerprint density at radius 1 is 0.970 bits per heavy atom. The second-order valence-corrected chi connectivity index (χ2v) is 8.26. The van der Waals surface area contributed by atoms with Gasteiger partial charge in [-0.05, 0) is 31.2 Å². The highest BCUT2D eigenvalue weighted by atomic mass is 16.4. The molecule has 2 N–H and O–H groups in total. The number of nitrogens with zero attached hydrogens (tertiary/aromatic N) is 5. The summed E-state index contributed by atoms with van der Waals surface area (Å²) in [6.07, 6.45) is 0.243. The number of nitrogens with two attached hydrogens (primary N) is 1. The van der Waals surface area contributed by atoms with Crippen molar-refractivity contribution in [3.8, 4) is 11.5 Å². The SMILES string of the molecule is Cc1oc(-c2ccccc2)nc1CC(=O)N1CCN(Cc2nc(N)c3ccccc3n2)CC1. The number of rotatable bonds is 5. The summed E-state index contributed by atoms with van der Waals surface area (Å²) in [5.74, 6) is 2.51. The molecule has 0 unspecified atom stereocenters. The number of fused-ring (bicyclic) bond motifs is 1. The van der Waals surface area contributed by atoms with Crippen LogP contribution in [0.1, 0.15) is 17.3 Å². The van der Waals surface area contributed by atoms with Crippen LogP contribution in [0.15, 0.2) is 59.0 Å². The van der Waals surface area contributed by atoms with E-state index in [0.29, 0.717) is 48.6 Å². The van der Waals surface area contributed by atoms with Crippen molar-refractivity contribution < 1.29 is 9.21 Å². The van der Waals surface area contributed by atoms with Crippen LogP contribution in [0.2, 0.25) is 0 Å². The van der Waals surface area contributed by atoms with Gasteiger partial charge in [0, 0.05) is 37.1 Å². The minimum absolute atomic E-state index is 0.0665. The average molecular weight is 443 g/mol. The number of carbonyl (C=O) groups excluding carboxylic acids is 1. The van der Waals surface area contributed by atoms with Gasteiger partial charge >= 0.3 is 0 Å². The molecule has 0 aliphatic carbocycles. The lowest BCUT2D eigenvalue weighted by Gasteiger charge is -2.34. The van der Waals surface area contributed by atoms with Gasteiger partial charge in [-0.3, -0.25) is 9.69 Å². The van der Waals surface area contributed by atoms with Crippen molar-refractivity contribution in [3.63, 3.8) is 0 Å². The molecular formula is C25H26N6O2. The van der Waals surface area contributed by atoms with E-state index in [9.17, 15) is 4.79 Å². The van der Waals surface area contributed by atoms with Gasteiger partial charge in [-0.1, -0.05) is 30.3 Å². The molecule has 0 spiro atoms. The van der Waals surface area contributed by atoms with Crippen LogP contribution in [0.5, 0.6) is 0 Å². The molecule has 0 radical (unpaired) electrons. The Bertz CT molecular complexity index is 1280. The highest BCUT2D eigenvalue weighted by Gasteiger charge is 2.24. The number of aromatic nitrogens is 3. The second-order valence-electron chi connectivity index (χ2n) is 8.26. The normalized spacial score (nSPS) is 14.6. The Morgan fingerprint density at radius 2 is 1.70 bits per heavy atom. The fourth-order valence-electron chi connectivity index (χ4n) is 4.13. The van der Waals surface area contributed by atoms with E-state index in [1.54, 1.807) is 0 Å². The molecule has 168 valence electrons. The number of oxazole rings is 1. The molecular weight excluding hydrogens is 416 g/mol. The fraction of sp³-hybridized carbons (Fsp3) is 0.280. The molecule has 3 heterocycles. The van der Waals surface area contributed by atoms with E-state index in [1.165, 1.54) is 0 Å². The molecule has 1 aliphatic heterocycles. The maximum Gasteiger partial charge on any atom is 0.228 e. The quantitative estimate of drug-likeness (QED) is 0.507. The van der Waals surface area contributed by atoms with Crippen LogP contribution < -0.4 is 5.73 Å². The molecule has 8 nitrogen and oxygen atoms in total. The number of para-hydroxylation sites is 1. The van der Waals surface area contributed by atoms with E-state index in [0.717, 1.165) is 29.6 Å².